The number of aromatic nitrogens is 2. The van der Waals surface area contributed by atoms with Gasteiger partial charge in [-0.05, 0) is 36.6 Å². The van der Waals surface area contributed by atoms with Crippen LogP contribution >= 0.6 is 22.9 Å². The molecule has 0 unspecified atom stereocenters. The molecule has 4 rings (SSSR count). The SMILES string of the molecule is Cc1ccc(C(=O)OCc2ccc([C@@H](CN)C(=O)Nc3nc4c(Cl)cncc4s3)cc2)c(C)c1. The van der Waals surface area contributed by atoms with Crippen molar-refractivity contribution in [2.24, 2.45) is 5.73 Å². The molecular weight excluding hydrogens is 472 g/mol. The third-order valence-corrected chi connectivity index (χ3v) is 6.58. The highest BCUT2D eigenvalue weighted by Crippen LogP contribution is 2.30. The smallest absolute Gasteiger partial charge is 0.338 e. The number of halogens is 1. The molecule has 2 aromatic heterocycles. The fourth-order valence-electron chi connectivity index (χ4n) is 3.58. The summed E-state index contributed by atoms with van der Waals surface area (Å²) in [5.41, 5.74) is 10.6. The zero-order valence-electron chi connectivity index (χ0n) is 18.7. The molecule has 2 aromatic carbocycles. The van der Waals surface area contributed by atoms with Crippen molar-refractivity contribution in [2.75, 3.05) is 11.9 Å². The van der Waals surface area contributed by atoms with Crippen molar-refractivity contribution < 1.29 is 14.3 Å². The summed E-state index contributed by atoms with van der Waals surface area (Å²) in [4.78, 5) is 33.7. The molecular formula is C25H23ClN4O3S. The average Bonchev–Trinajstić information content (AvgIpc) is 3.22. The van der Waals surface area contributed by atoms with Gasteiger partial charge in [-0.2, -0.15) is 0 Å². The number of rotatable bonds is 7. The number of pyridine rings is 1. The van der Waals surface area contributed by atoms with E-state index in [0.717, 1.165) is 27.0 Å². The zero-order valence-corrected chi connectivity index (χ0v) is 20.2. The van der Waals surface area contributed by atoms with Gasteiger partial charge in [0.15, 0.2) is 5.13 Å². The molecule has 0 bridgehead atoms. The van der Waals surface area contributed by atoms with Gasteiger partial charge >= 0.3 is 5.97 Å². The second-order valence-electron chi connectivity index (χ2n) is 7.90. The minimum absolute atomic E-state index is 0.125. The molecule has 0 fully saturated rings. The van der Waals surface area contributed by atoms with Gasteiger partial charge in [0.25, 0.3) is 0 Å². The fourth-order valence-corrected chi connectivity index (χ4v) is 4.70. The minimum Gasteiger partial charge on any atom is -0.457 e. The van der Waals surface area contributed by atoms with E-state index in [2.05, 4.69) is 15.3 Å². The predicted octanol–water partition coefficient (Wildman–Crippen LogP) is 5.00. The number of carbonyl (C=O) groups excluding carboxylic acids is 2. The Bertz CT molecular complexity index is 1350. The van der Waals surface area contributed by atoms with Crippen molar-refractivity contribution in [1.82, 2.24) is 9.97 Å². The normalized spacial score (nSPS) is 11.9. The first kappa shape index (κ1) is 23.8. The van der Waals surface area contributed by atoms with Crippen LogP contribution in [0.15, 0.2) is 54.9 Å². The number of benzene rings is 2. The molecule has 0 aliphatic carbocycles. The summed E-state index contributed by atoms with van der Waals surface area (Å²) in [7, 11) is 0. The van der Waals surface area contributed by atoms with Crippen LogP contribution in [0.5, 0.6) is 0 Å². The number of fused-ring (bicyclic) bond motifs is 1. The van der Waals surface area contributed by atoms with Crippen molar-refractivity contribution in [3.8, 4) is 0 Å². The number of hydrogen-bond acceptors (Lipinski definition) is 7. The quantitative estimate of drug-likeness (QED) is 0.350. The van der Waals surface area contributed by atoms with Gasteiger partial charge in [-0.25, -0.2) is 9.78 Å². The van der Waals surface area contributed by atoms with Crippen LogP contribution in [0.3, 0.4) is 0 Å². The van der Waals surface area contributed by atoms with E-state index in [0.29, 0.717) is 21.2 Å². The first-order valence-corrected chi connectivity index (χ1v) is 11.8. The van der Waals surface area contributed by atoms with Gasteiger partial charge in [0, 0.05) is 18.9 Å². The van der Waals surface area contributed by atoms with Gasteiger partial charge in [-0.15, -0.1) is 0 Å². The number of nitrogens with zero attached hydrogens (tertiary/aromatic N) is 2. The molecule has 1 atom stereocenters. The molecule has 1 amide bonds. The van der Waals surface area contributed by atoms with Crippen LogP contribution in [0.25, 0.3) is 10.2 Å². The number of nitrogens with one attached hydrogen (secondary N) is 1. The molecule has 3 N–H and O–H groups in total. The lowest BCUT2D eigenvalue weighted by Crippen LogP contribution is -2.27. The molecule has 7 nitrogen and oxygen atoms in total. The van der Waals surface area contributed by atoms with E-state index in [4.69, 9.17) is 22.1 Å². The van der Waals surface area contributed by atoms with Crippen LogP contribution in [0.4, 0.5) is 5.13 Å². The lowest BCUT2D eigenvalue weighted by atomic mass is 9.97. The molecule has 0 aliphatic heterocycles. The summed E-state index contributed by atoms with van der Waals surface area (Å²) in [6, 6.07) is 12.9. The molecule has 0 radical (unpaired) electrons. The predicted molar refractivity (Wildman–Crippen MR) is 134 cm³/mol. The van der Waals surface area contributed by atoms with Gasteiger partial charge in [0.2, 0.25) is 5.91 Å². The number of amides is 1. The largest absolute Gasteiger partial charge is 0.457 e. The van der Waals surface area contributed by atoms with E-state index >= 15 is 0 Å². The molecule has 34 heavy (non-hydrogen) atoms. The van der Waals surface area contributed by atoms with Crippen LogP contribution in [0, 0.1) is 13.8 Å². The van der Waals surface area contributed by atoms with Crippen LogP contribution in [-0.2, 0) is 16.1 Å². The van der Waals surface area contributed by atoms with E-state index in [1.54, 1.807) is 12.3 Å². The number of carbonyl (C=O) groups is 2. The summed E-state index contributed by atoms with van der Waals surface area (Å²) in [5.74, 6) is -1.20. The van der Waals surface area contributed by atoms with E-state index in [9.17, 15) is 9.59 Å². The van der Waals surface area contributed by atoms with E-state index < -0.39 is 5.92 Å². The molecule has 0 spiro atoms. The zero-order chi connectivity index (χ0) is 24.2. The van der Waals surface area contributed by atoms with Gasteiger partial charge < -0.3 is 15.8 Å². The highest BCUT2D eigenvalue weighted by atomic mass is 35.5. The van der Waals surface area contributed by atoms with Gasteiger partial charge in [0.1, 0.15) is 12.1 Å². The van der Waals surface area contributed by atoms with Crippen LogP contribution in [-0.4, -0.2) is 28.4 Å². The Morgan fingerprint density at radius 2 is 1.91 bits per heavy atom. The summed E-state index contributed by atoms with van der Waals surface area (Å²) in [6.45, 7) is 4.12. The Balaban J connectivity index is 1.40. The number of nitrogens with two attached hydrogens (primary N) is 1. The topological polar surface area (TPSA) is 107 Å². The van der Waals surface area contributed by atoms with Gasteiger partial charge in [0.05, 0.1) is 21.2 Å². The highest BCUT2D eigenvalue weighted by Gasteiger charge is 2.21. The monoisotopic (exact) mass is 494 g/mol. The van der Waals surface area contributed by atoms with Gasteiger partial charge in [-0.1, -0.05) is 64.9 Å². The lowest BCUT2D eigenvalue weighted by molar-refractivity contribution is -0.117. The third kappa shape index (κ3) is 5.25. The maximum atomic E-state index is 12.9. The summed E-state index contributed by atoms with van der Waals surface area (Å²) in [6.07, 6.45) is 3.17. The van der Waals surface area contributed by atoms with Crippen molar-refractivity contribution in [3.05, 3.63) is 87.7 Å². The van der Waals surface area contributed by atoms with Crippen molar-refractivity contribution in [1.29, 1.82) is 0 Å². The third-order valence-electron chi connectivity index (χ3n) is 5.40. The van der Waals surface area contributed by atoms with Gasteiger partial charge in [-0.3, -0.25) is 9.78 Å². The number of esters is 1. The molecule has 0 saturated heterocycles. The van der Waals surface area contributed by atoms with Crippen LogP contribution in [0.2, 0.25) is 5.02 Å². The molecule has 4 aromatic rings. The Morgan fingerprint density at radius 3 is 2.59 bits per heavy atom. The first-order valence-electron chi connectivity index (χ1n) is 10.6. The van der Waals surface area contributed by atoms with Crippen molar-refractivity contribution >= 4 is 50.2 Å². The number of ether oxygens (including phenoxy) is 1. The highest BCUT2D eigenvalue weighted by molar-refractivity contribution is 7.22. The van der Waals surface area contributed by atoms with Crippen LogP contribution < -0.4 is 11.1 Å². The Morgan fingerprint density at radius 1 is 1.15 bits per heavy atom. The second-order valence-corrected chi connectivity index (χ2v) is 9.34. The van der Waals surface area contributed by atoms with E-state index in [1.807, 2.05) is 50.2 Å². The average molecular weight is 495 g/mol. The summed E-state index contributed by atoms with van der Waals surface area (Å²) in [5, 5.41) is 3.69. The summed E-state index contributed by atoms with van der Waals surface area (Å²) >= 11 is 7.41. The van der Waals surface area contributed by atoms with Crippen LogP contribution in [0.1, 0.15) is 38.5 Å². The number of thiazole rings is 1. The molecule has 0 aliphatic rings. The fraction of sp³-hybridized carbons (Fsp3) is 0.200. The number of aryl methyl sites for hydroxylation is 2. The Hall–Kier alpha value is -3.33. The minimum atomic E-state index is -0.563. The van der Waals surface area contributed by atoms with Crippen molar-refractivity contribution in [3.63, 3.8) is 0 Å². The standard InChI is InChI=1S/C25H23ClN4O3S/c1-14-3-8-18(15(2)9-14)24(32)33-13-16-4-6-17(7-5-16)19(10-27)23(31)30-25-29-22-20(26)11-28-12-21(22)34-25/h3-9,11-12,19H,10,13,27H2,1-2H3,(H,29,30,31)/t19-/m1/s1. The lowest BCUT2D eigenvalue weighted by Gasteiger charge is -2.15. The number of anilines is 1. The molecule has 2 heterocycles. The second kappa shape index (κ2) is 10.3. The molecule has 9 heteroatoms. The summed E-state index contributed by atoms with van der Waals surface area (Å²) < 4.78 is 6.24. The maximum Gasteiger partial charge on any atom is 0.338 e. The maximum absolute atomic E-state index is 12.9. The Kier molecular flexibility index (Phi) is 7.21. The van der Waals surface area contributed by atoms with E-state index in [-0.39, 0.29) is 25.0 Å². The van der Waals surface area contributed by atoms with Crippen molar-refractivity contribution in [2.45, 2.75) is 26.4 Å². The Labute approximate surface area is 205 Å². The molecule has 174 valence electrons. The molecule has 0 saturated carbocycles. The number of hydrogen-bond donors (Lipinski definition) is 2. The first-order chi connectivity index (χ1) is 16.4. The van der Waals surface area contributed by atoms with E-state index in [1.165, 1.54) is 17.5 Å².